The van der Waals surface area contributed by atoms with Crippen molar-refractivity contribution in [2.24, 2.45) is 0 Å². The fraction of sp³-hybridized carbons (Fsp3) is 0.500. The summed E-state index contributed by atoms with van der Waals surface area (Å²) >= 11 is 0. The number of fused-ring (bicyclic) bond motifs is 3. The summed E-state index contributed by atoms with van der Waals surface area (Å²) in [6, 6.07) is 10.9. The van der Waals surface area contributed by atoms with Crippen LogP contribution in [0.4, 0.5) is 5.69 Å². The van der Waals surface area contributed by atoms with E-state index in [0.29, 0.717) is 18.1 Å². The lowest BCUT2D eigenvalue weighted by Gasteiger charge is -2.41. The minimum absolute atomic E-state index is 0.693. The summed E-state index contributed by atoms with van der Waals surface area (Å²) in [7, 11) is 0. The van der Waals surface area contributed by atoms with E-state index in [0.717, 1.165) is 6.54 Å². The number of nitrogens with zero attached hydrogens (tertiary/aromatic N) is 2. The topological polar surface area (TPSA) is 28.2 Å². The molecule has 3 heteroatoms. The Balaban J connectivity index is 1.70. The monoisotopic (exact) mass is 281 g/mol. The number of benzene rings is 1. The van der Waals surface area contributed by atoms with Gasteiger partial charge in [0.25, 0.3) is 0 Å². The Morgan fingerprint density at radius 3 is 2.76 bits per heavy atom. The fourth-order valence-electron chi connectivity index (χ4n) is 4.35. The van der Waals surface area contributed by atoms with Crippen LogP contribution in [-0.4, -0.2) is 29.7 Å². The van der Waals surface area contributed by atoms with Crippen molar-refractivity contribution in [3.05, 3.63) is 36.7 Å². The van der Waals surface area contributed by atoms with Crippen molar-refractivity contribution in [2.45, 2.75) is 50.7 Å². The molecule has 2 bridgehead atoms. The smallest absolute Gasteiger partial charge is 0.0466 e. The van der Waals surface area contributed by atoms with Crippen molar-refractivity contribution in [3.63, 3.8) is 0 Å². The van der Waals surface area contributed by atoms with Crippen LogP contribution < -0.4 is 10.2 Å². The average Bonchev–Trinajstić information content (AvgIpc) is 2.78. The molecule has 1 aromatic carbocycles. The predicted molar refractivity (Wildman–Crippen MR) is 87.7 cm³/mol. The molecule has 2 aliphatic rings. The molecule has 2 aromatic rings. The third kappa shape index (κ3) is 2.20. The molecule has 0 saturated carbocycles. The van der Waals surface area contributed by atoms with E-state index in [4.69, 9.17) is 0 Å². The lowest BCUT2D eigenvalue weighted by molar-refractivity contribution is 0.362. The maximum Gasteiger partial charge on any atom is 0.0466 e. The summed E-state index contributed by atoms with van der Waals surface area (Å²) in [6.07, 6.45) is 9.15. The van der Waals surface area contributed by atoms with Crippen LogP contribution in [0.1, 0.15) is 32.6 Å². The zero-order valence-electron chi connectivity index (χ0n) is 12.6. The number of pyridine rings is 1. The average molecular weight is 281 g/mol. The summed E-state index contributed by atoms with van der Waals surface area (Å²) in [5.74, 6) is 0. The summed E-state index contributed by atoms with van der Waals surface area (Å²) in [5, 5.41) is 6.26. The molecule has 3 heterocycles. The largest absolute Gasteiger partial charge is 0.365 e. The van der Waals surface area contributed by atoms with Gasteiger partial charge in [-0.1, -0.05) is 19.1 Å². The molecule has 1 aromatic heterocycles. The molecule has 2 atom stereocenters. The normalized spacial score (nSPS) is 28.2. The lowest BCUT2D eigenvalue weighted by atomic mass is 9.95. The second kappa shape index (κ2) is 5.30. The standard InChI is InChI=1S/C18H23N3/c1-2-20-14-10-15-6-7-16(11-14)21(15)18-5-3-4-13-8-9-19-12-17(13)18/h3-5,8-9,12,14-16,20H,2,6-7,10-11H2,1H3. The Bertz CT molecular complexity index is 620. The van der Waals surface area contributed by atoms with Gasteiger partial charge in [0.15, 0.2) is 0 Å². The molecule has 2 saturated heterocycles. The molecule has 3 nitrogen and oxygen atoms in total. The minimum Gasteiger partial charge on any atom is -0.365 e. The predicted octanol–water partition coefficient (Wildman–Crippen LogP) is 3.34. The second-order valence-corrected chi connectivity index (χ2v) is 6.39. The third-order valence-electron chi connectivity index (χ3n) is 5.16. The number of aromatic nitrogens is 1. The molecule has 2 fully saturated rings. The first kappa shape index (κ1) is 13.1. The number of anilines is 1. The van der Waals surface area contributed by atoms with Crippen LogP contribution in [0.15, 0.2) is 36.7 Å². The maximum atomic E-state index is 4.34. The first-order valence-electron chi connectivity index (χ1n) is 8.21. The van der Waals surface area contributed by atoms with E-state index in [9.17, 15) is 0 Å². The van der Waals surface area contributed by atoms with Gasteiger partial charge >= 0.3 is 0 Å². The summed E-state index contributed by atoms with van der Waals surface area (Å²) in [6.45, 7) is 3.30. The van der Waals surface area contributed by atoms with Gasteiger partial charge in [-0.15, -0.1) is 0 Å². The molecular weight excluding hydrogens is 258 g/mol. The van der Waals surface area contributed by atoms with Crippen LogP contribution >= 0.6 is 0 Å². The number of piperidine rings is 1. The number of nitrogens with one attached hydrogen (secondary N) is 1. The van der Waals surface area contributed by atoms with Crippen molar-refractivity contribution in [2.75, 3.05) is 11.4 Å². The quantitative estimate of drug-likeness (QED) is 0.935. The Labute approximate surface area is 126 Å². The highest BCUT2D eigenvalue weighted by Crippen LogP contribution is 2.41. The van der Waals surface area contributed by atoms with Crippen LogP contribution in [0, 0.1) is 0 Å². The molecule has 110 valence electrons. The van der Waals surface area contributed by atoms with Crippen molar-refractivity contribution < 1.29 is 0 Å². The zero-order chi connectivity index (χ0) is 14.2. The molecule has 0 radical (unpaired) electrons. The summed E-state index contributed by atoms with van der Waals surface area (Å²) in [5.41, 5.74) is 1.39. The Hall–Kier alpha value is -1.61. The molecular formula is C18H23N3. The van der Waals surface area contributed by atoms with E-state index >= 15 is 0 Å². The number of hydrogen-bond acceptors (Lipinski definition) is 3. The maximum absolute atomic E-state index is 4.34. The number of hydrogen-bond donors (Lipinski definition) is 1. The van der Waals surface area contributed by atoms with Crippen molar-refractivity contribution >= 4 is 16.5 Å². The van der Waals surface area contributed by atoms with Crippen LogP contribution in [0.5, 0.6) is 0 Å². The Morgan fingerprint density at radius 1 is 1.19 bits per heavy atom. The van der Waals surface area contributed by atoms with E-state index in [1.54, 1.807) is 0 Å². The summed E-state index contributed by atoms with van der Waals surface area (Å²) in [4.78, 5) is 7.04. The molecule has 0 aliphatic carbocycles. The molecule has 1 N–H and O–H groups in total. The van der Waals surface area contributed by atoms with Crippen molar-refractivity contribution in [1.82, 2.24) is 10.3 Å². The van der Waals surface area contributed by atoms with Crippen LogP contribution in [-0.2, 0) is 0 Å². The van der Waals surface area contributed by atoms with Crippen LogP contribution in [0.25, 0.3) is 10.8 Å². The molecule has 21 heavy (non-hydrogen) atoms. The highest BCUT2D eigenvalue weighted by molar-refractivity contribution is 5.94. The molecule has 0 amide bonds. The number of rotatable bonds is 3. The van der Waals surface area contributed by atoms with Crippen LogP contribution in [0.3, 0.4) is 0 Å². The van der Waals surface area contributed by atoms with E-state index < -0.39 is 0 Å². The van der Waals surface area contributed by atoms with Gasteiger partial charge in [0.1, 0.15) is 0 Å². The first-order chi connectivity index (χ1) is 10.4. The fourth-order valence-corrected chi connectivity index (χ4v) is 4.35. The zero-order valence-corrected chi connectivity index (χ0v) is 12.6. The first-order valence-corrected chi connectivity index (χ1v) is 8.21. The van der Waals surface area contributed by atoms with Gasteiger partial charge in [0, 0.05) is 41.6 Å². The van der Waals surface area contributed by atoms with E-state index in [-0.39, 0.29) is 0 Å². The molecule has 4 rings (SSSR count). The van der Waals surface area contributed by atoms with Crippen molar-refractivity contribution in [1.29, 1.82) is 0 Å². The summed E-state index contributed by atoms with van der Waals surface area (Å²) < 4.78 is 0. The van der Waals surface area contributed by atoms with Gasteiger partial charge in [-0.05, 0) is 49.7 Å². The van der Waals surface area contributed by atoms with Crippen LogP contribution in [0.2, 0.25) is 0 Å². The third-order valence-corrected chi connectivity index (χ3v) is 5.16. The highest BCUT2D eigenvalue weighted by atomic mass is 15.2. The minimum atomic E-state index is 0.693. The van der Waals surface area contributed by atoms with E-state index in [2.05, 4.69) is 46.4 Å². The molecule has 2 aliphatic heterocycles. The highest BCUT2D eigenvalue weighted by Gasteiger charge is 2.40. The molecule has 0 spiro atoms. The Kier molecular flexibility index (Phi) is 3.30. The second-order valence-electron chi connectivity index (χ2n) is 6.39. The van der Waals surface area contributed by atoms with Gasteiger partial charge in [-0.2, -0.15) is 0 Å². The SMILES string of the molecule is CCNC1CC2CCC(C1)N2c1cccc2ccncc12. The van der Waals surface area contributed by atoms with Crippen molar-refractivity contribution in [3.8, 4) is 0 Å². The lowest BCUT2D eigenvalue weighted by Crippen LogP contribution is -2.49. The van der Waals surface area contributed by atoms with Gasteiger partial charge in [0.05, 0.1) is 0 Å². The van der Waals surface area contributed by atoms with E-state index in [1.807, 2.05) is 12.4 Å². The Morgan fingerprint density at radius 2 is 2.00 bits per heavy atom. The van der Waals surface area contributed by atoms with Gasteiger partial charge in [-0.25, -0.2) is 0 Å². The van der Waals surface area contributed by atoms with Gasteiger partial charge < -0.3 is 10.2 Å². The van der Waals surface area contributed by atoms with Gasteiger partial charge in [-0.3, -0.25) is 4.98 Å². The molecule has 2 unspecified atom stereocenters. The van der Waals surface area contributed by atoms with Gasteiger partial charge in [0.2, 0.25) is 0 Å². The van der Waals surface area contributed by atoms with E-state index in [1.165, 1.54) is 42.1 Å².